The van der Waals surface area contributed by atoms with Crippen molar-refractivity contribution in [2.45, 2.75) is 26.2 Å². The molecule has 0 unspecified atom stereocenters. The number of anilines is 1. The summed E-state index contributed by atoms with van der Waals surface area (Å²) in [7, 11) is 0. The van der Waals surface area contributed by atoms with Gasteiger partial charge in [0.2, 0.25) is 11.8 Å². The fraction of sp³-hybridized carbons (Fsp3) is 0.409. The molecule has 2 aliphatic heterocycles. The number of carbonyl (C=O) groups excluding carboxylic acids is 2. The zero-order valence-corrected chi connectivity index (χ0v) is 17.2. The summed E-state index contributed by atoms with van der Waals surface area (Å²) in [4.78, 5) is 33.8. The summed E-state index contributed by atoms with van der Waals surface area (Å²) in [6.45, 7) is 4.10. The first-order chi connectivity index (χ1) is 14.1. The summed E-state index contributed by atoms with van der Waals surface area (Å²) in [5.74, 6) is 0.270. The lowest BCUT2D eigenvalue weighted by Crippen LogP contribution is -2.44. The predicted molar refractivity (Wildman–Crippen MR) is 112 cm³/mol. The van der Waals surface area contributed by atoms with Gasteiger partial charge in [0, 0.05) is 37.3 Å². The van der Waals surface area contributed by atoms with E-state index < -0.39 is 0 Å². The molecule has 0 aliphatic carbocycles. The molecule has 152 valence electrons. The molecule has 7 heteroatoms. The highest BCUT2D eigenvalue weighted by Gasteiger charge is 2.34. The number of likely N-dealkylation sites (tertiary alicyclic amines) is 1. The normalized spacial score (nSPS) is 16.6. The number of hydrogen-bond donors (Lipinski definition) is 0. The second-order valence-electron chi connectivity index (χ2n) is 7.35. The van der Waals surface area contributed by atoms with Crippen molar-refractivity contribution in [2.75, 3.05) is 31.1 Å². The largest absolute Gasteiger partial charge is 0.478 e. The number of aromatic nitrogens is 1. The Labute approximate surface area is 175 Å². The molecule has 1 fully saturated rings. The molecule has 0 spiro atoms. The first kappa shape index (κ1) is 19.7. The molecule has 6 nitrogen and oxygen atoms in total. The smallest absolute Gasteiger partial charge is 0.274 e. The molecule has 29 heavy (non-hydrogen) atoms. The molecule has 3 heterocycles. The topological polar surface area (TPSA) is 62.7 Å². The maximum absolute atomic E-state index is 13.1. The van der Waals surface area contributed by atoms with Crippen LogP contribution in [0.5, 0.6) is 5.88 Å². The Hall–Kier alpha value is -2.60. The average Bonchev–Trinajstić information content (AvgIpc) is 3.18. The van der Waals surface area contributed by atoms with E-state index >= 15 is 0 Å². The zero-order chi connectivity index (χ0) is 20.4. The Balaban J connectivity index is 1.40. The van der Waals surface area contributed by atoms with Crippen molar-refractivity contribution in [3.05, 3.63) is 52.7 Å². The van der Waals surface area contributed by atoms with Gasteiger partial charge in [-0.25, -0.2) is 4.98 Å². The standard InChI is InChI=1S/C22H24ClN3O3/c1-2-29-19-8-7-17(23)20(24-19)22(28)25-12-9-16(10-13-25)21(27)26-14-11-15-5-3-4-6-18(15)26/h3-8,16H,2,9-14H2,1H3. The summed E-state index contributed by atoms with van der Waals surface area (Å²) in [5, 5.41) is 0.310. The van der Waals surface area contributed by atoms with Crippen LogP contribution in [-0.4, -0.2) is 47.9 Å². The number of amides is 2. The quantitative estimate of drug-likeness (QED) is 0.768. The van der Waals surface area contributed by atoms with E-state index in [0.29, 0.717) is 43.4 Å². The molecule has 0 atom stereocenters. The SMILES string of the molecule is CCOc1ccc(Cl)c(C(=O)N2CCC(C(=O)N3CCc4ccccc43)CC2)n1. The van der Waals surface area contributed by atoms with E-state index in [0.717, 1.165) is 18.7 Å². The third-order valence-electron chi connectivity index (χ3n) is 5.60. The van der Waals surface area contributed by atoms with Gasteiger partial charge < -0.3 is 14.5 Å². The zero-order valence-electron chi connectivity index (χ0n) is 16.4. The molecular formula is C22H24ClN3O3. The summed E-state index contributed by atoms with van der Waals surface area (Å²) in [6.07, 6.45) is 2.19. The van der Waals surface area contributed by atoms with E-state index in [1.807, 2.05) is 30.0 Å². The van der Waals surface area contributed by atoms with Gasteiger partial charge in [-0.2, -0.15) is 0 Å². The Morgan fingerprint density at radius 1 is 1.14 bits per heavy atom. The Morgan fingerprint density at radius 2 is 1.90 bits per heavy atom. The highest BCUT2D eigenvalue weighted by atomic mass is 35.5. The molecule has 0 saturated carbocycles. The fourth-order valence-corrected chi connectivity index (χ4v) is 4.26. The third kappa shape index (κ3) is 3.94. The minimum atomic E-state index is -0.214. The van der Waals surface area contributed by atoms with Crippen molar-refractivity contribution in [1.29, 1.82) is 0 Å². The van der Waals surface area contributed by atoms with E-state index in [4.69, 9.17) is 16.3 Å². The Kier molecular flexibility index (Phi) is 5.72. The number of fused-ring (bicyclic) bond motifs is 1. The number of nitrogens with zero attached hydrogens (tertiary/aromatic N) is 3. The van der Waals surface area contributed by atoms with Crippen LogP contribution in [0.4, 0.5) is 5.69 Å². The second kappa shape index (κ2) is 8.41. The van der Waals surface area contributed by atoms with Crippen LogP contribution in [0.15, 0.2) is 36.4 Å². The van der Waals surface area contributed by atoms with Crippen LogP contribution < -0.4 is 9.64 Å². The number of pyridine rings is 1. The molecule has 4 rings (SSSR count). The summed E-state index contributed by atoms with van der Waals surface area (Å²) in [6, 6.07) is 11.4. The van der Waals surface area contributed by atoms with E-state index in [1.165, 1.54) is 5.56 Å². The second-order valence-corrected chi connectivity index (χ2v) is 7.76. The minimum Gasteiger partial charge on any atom is -0.478 e. The van der Waals surface area contributed by atoms with E-state index in [2.05, 4.69) is 11.1 Å². The van der Waals surface area contributed by atoms with Crippen LogP contribution in [0.2, 0.25) is 5.02 Å². The number of benzene rings is 1. The first-order valence-electron chi connectivity index (χ1n) is 10.1. The lowest BCUT2D eigenvalue weighted by atomic mass is 9.95. The van der Waals surface area contributed by atoms with E-state index in [1.54, 1.807) is 17.0 Å². The van der Waals surface area contributed by atoms with Crippen LogP contribution in [0.3, 0.4) is 0 Å². The first-order valence-corrected chi connectivity index (χ1v) is 10.4. The lowest BCUT2D eigenvalue weighted by molar-refractivity contribution is -0.123. The summed E-state index contributed by atoms with van der Waals surface area (Å²) >= 11 is 6.20. The third-order valence-corrected chi connectivity index (χ3v) is 5.90. The fourth-order valence-electron chi connectivity index (χ4n) is 4.07. The number of piperidine rings is 1. The Morgan fingerprint density at radius 3 is 2.66 bits per heavy atom. The van der Waals surface area contributed by atoms with Gasteiger partial charge in [0.05, 0.1) is 11.6 Å². The number of ether oxygens (including phenoxy) is 1. The number of carbonyl (C=O) groups is 2. The minimum absolute atomic E-state index is 0.0663. The molecule has 0 bridgehead atoms. The molecule has 2 aromatic rings. The average molecular weight is 414 g/mol. The van der Waals surface area contributed by atoms with Crippen molar-refractivity contribution in [1.82, 2.24) is 9.88 Å². The van der Waals surface area contributed by atoms with Gasteiger partial charge in [-0.3, -0.25) is 9.59 Å². The van der Waals surface area contributed by atoms with Crippen LogP contribution in [0.25, 0.3) is 0 Å². The number of halogens is 1. The maximum atomic E-state index is 13.1. The van der Waals surface area contributed by atoms with Gasteiger partial charge in [0.15, 0.2) is 5.69 Å². The van der Waals surface area contributed by atoms with Crippen molar-refractivity contribution in [2.24, 2.45) is 5.92 Å². The summed E-state index contributed by atoms with van der Waals surface area (Å²) < 4.78 is 5.38. The van der Waals surface area contributed by atoms with Crippen LogP contribution in [0.1, 0.15) is 35.8 Å². The van der Waals surface area contributed by atoms with Gasteiger partial charge in [0.1, 0.15) is 0 Å². The molecule has 1 aromatic heterocycles. The number of para-hydroxylation sites is 1. The highest BCUT2D eigenvalue weighted by molar-refractivity contribution is 6.33. The molecule has 2 aliphatic rings. The molecular weight excluding hydrogens is 390 g/mol. The van der Waals surface area contributed by atoms with E-state index in [-0.39, 0.29) is 23.4 Å². The number of hydrogen-bond acceptors (Lipinski definition) is 4. The van der Waals surface area contributed by atoms with E-state index in [9.17, 15) is 9.59 Å². The lowest BCUT2D eigenvalue weighted by Gasteiger charge is -2.33. The van der Waals surface area contributed by atoms with Gasteiger partial charge in [-0.1, -0.05) is 29.8 Å². The molecule has 2 amide bonds. The van der Waals surface area contributed by atoms with Gasteiger partial charge in [-0.05, 0) is 43.9 Å². The van der Waals surface area contributed by atoms with Crippen LogP contribution in [-0.2, 0) is 11.2 Å². The molecule has 1 aromatic carbocycles. The van der Waals surface area contributed by atoms with Gasteiger partial charge in [0.25, 0.3) is 5.91 Å². The monoisotopic (exact) mass is 413 g/mol. The van der Waals surface area contributed by atoms with Gasteiger partial charge >= 0.3 is 0 Å². The predicted octanol–water partition coefficient (Wildman–Crippen LogP) is 3.58. The molecule has 1 saturated heterocycles. The molecule has 0 N–H and O–H groups in total. The Bertz CT molecular complexity index is 925. The van der Waals surface area contributed by atoms with Crippen LogP contribution in [0, 0.1) is 5.92 Å². The molecule has 0 radical (unpaired) electrons. The number of rotatable bonds is 4. The highest BCUT2D eigenvalue weighted by Crippen LogP contribution is 2.31. The van der Waals surface area contributed by atoms with Crippen LogP contribution >= 0.6 is 11.6 Å². The van der Waals surface area contributed by atoms with Crippen molar-refractivity contribution >= 4 is 29.1 Å². The van der Waals surface area contributed by atoms with Crippen molar-refractivity contribution in [3.63, 3.8) is 0 Å². The summed E-state index contributed by atoms with van der Waals surface area (Å²) in [5.41, 5.74) is 2.46. The van der Waals surface area contributed by atoms with Crippen molar-refractivity contribution in [3.8, 4) is 5.88 Å². The van der Waals surface area contributed by atoms with Crippen molar-refractivity contribution < 1.29 is 14.3 Å². The maximum Gasteiger partial charge on any atom is 0.274 e. The van der Waals surface area contributed by atoms with Gasteiger partial charge in [-0.15, -0.1) is 0 Å².